The van der Waals surface area contributed by atoms with E-state index in [0.717, 1.165) is 0 Å². The summed E-state index contributed by atoms with van der Waals surface area (Å²) in [5.41, 5.74) is 6.06. The highest BCUT2D eigenvalue weighted by Gasteiger charge is 2.14. The van der Waals surface area contributed by atoms with Crippen molar-refractivity contribution in [2.45, 2.75) is 13.0 Å². The minimum absolute atomic E-state index is 0.0567. The molecule has 0 spiro atoms. The Kier molecular flexibility index (Phi) is 3.64. The predicted molar refractivity (Wildman–Crippen MR) is 69.9 cm³/mol. The van der Waals surface area contributed by atoms with Crippen LogP contribution >= 0.6 is 0 Å². The molecule has 0 aliphatic rings. The van der Waals surface area contributed by atoms with E-state index >= 15 is 0 Å². The summed E-state index contributed by atoms with van der Waals surface area (Å²) >= 11 is 0. The maximum atomic E-state index is 11.4. The largest absolute Gasteiger partial charge is 0.424 e. The molecule has 6 heteroatoms. The van der Waals surface area contributed by atoms with Crippen molar-refractivity contribution in [3.8, 4) is 5.75 Å². The zero-order chi connectivity index (χ0) is 14.0. The Labute approximate surface area is 108 Å². The number of rotatable bonds is 3. The summed E-state index contributed by atoms with van der Waals surface area (Å²) in [6.07, 6.45) is -0.847. The first-order valence-corrected chi connectivity index (χ1v) is 5.75. The molecule has 0 aliphatic heterocycles. The second-order valence-corrected chi connectivity index (χ2v) is 4.11. The summed E-state index contributed by atoms with van der Waals surface area (Å²) in [7, 11) is 0. The average molecular weight is 262 g/mol. The smallest absolute Gasteiger partial charge is 0.308 e. The van der Waals surface area contributed by atoms with Crippen LogP contribution in [0.25, 0.3) is 10.9 Å². The number of carbonyl (C=O) groups excluding carboxylic acids is 1. The fourth-order valence-corrected chi connectivity index (χ4v) is 1.91. The van der Waals surface area contributed by atoms with Crippen LogP contribution in [-0.4, -0.2) is 22.6 Å². The number of aliphatic hydroxyl groups excluding tert-OH is 1. The Bertz CT molecular complexity index is 678. The van der Waals surface area contributed by atoms with Gasteiger partial charge in [0, 0.05) is 24.9 Å². The summed E-state index contributed by atoms with van der Waals surface area (Å²) < 4.78 is 5.03. The Morgan fingerprint density at radius 2 is 2.16 bits per heavy atom. The first-order chi connectivity index (χ1) is 9.02. The van der Waals surface area contributed by atoms with E-state index in [1.54, 1.807) is 12.1 Å². The number of nitrogens with one attached hydrogen (secondary N) is 1. The van der Waals surface area contributed by atoms with E-state index in [4.69, 9.17) is 10.5 Å². The number of hydrogen-bond donors (Lipinski definition) is 3. The zero-order valence-corrected chi connectivity index (χ0v) is 10.3. The van der Waals surface area contributed by atoms with Crippen molar-refractivity contribution in [1.29, 1.82) is 0 Å². The number of pyridine rings is 1. The molecule has 2 aromatic rings. The summed E-state index contributed by atoms with van der Waals surface area (Å²) in [4.78, 5) is 25.0. The molecule has 0 aliphatic carbocycles. The molecular formula is C13H14N2O4. The molecule has 4 N–H and O–H groups in total. The topological polar surface area (TPSA) is 105 Å². The van der Waals surface area contributed by atoms with E-state index in [1.807, 2.05) is 0 Å². The Balaban J connectivity index is 2.71. The van der Waals surface area contributed by atoms with Gasteiger partial charge in [-0.05, 0) is 17.7 Å². The standard InChI is InChI=1S/C13H14N2O4/c1-7(16)19-11-4-2-8(10(17)6-14)9-3-5-12(18)15-13(9)11/h2-5,10,17H,6,14H2,1H3,(H,15,18). The van der Waals surface area contributed by atoms with Crippen LogP contribution < -0.4 is 16.0 Å². The van der Waals surface area contributed by atoms with Crippen molar-refractivity contribution in [3.05, 3.63) is 40.2 Å². The second-order valence-electron chi connectivity index (χ2n) is 4.11. The average Bonchev–Trinajstić information content (AvgIpc) is 2.38. The fourth-order valence-electron chi connectivity index (χ4n) is 1.91. The lowest BCUT2D eigenvalue weighted by molar-refractivity contribution is -0.131. The van der Waals surface area contributed by atoms with Gasteiger partial charge in [0.1, 0.15) is 0 Å². The van der Waals surface area contributed by atoms with Gasteiger partial charge in [-0.25, -0.2) is 0 Å². The summed E-state index contributed by atoms with van der Waals surface area (Å²) in [6.45, 7) is 1.33. The summed E-state index contributed by atoms with van der Waals surface area (Å²) in [6, 6.07) is 6.05. The highest BCUT2D eigenvalue weighted by molar-refractivity contribution is 5.89. The quantitative estimate of drug-likeness (QED) is 0.550. The molecule has 0 saturated carbocycles. The number of hydrogen-bond acceptors (Lipinski definition) is 5. The molecule has 1 atom stereocenters. The number of aromatic nitrogens is 1. The molecule has 0 bridgehead atoms. The van der Waals surface area contributed by atoms with Crippen LogP contribution in [0.4, 0.5) is 0 Å². The van der Waals surface area contributed by atoms with E-state index in [0.29, 0.717) is 16.5 Å². The molecule has 0 amide bonds. The third kappa shape index (κ3) is 2.64. The Morgan fingerprint density at radius 3 is 2.79 bits per heavy atom. The zero-order valence-electron chi connectivity index (χ0n) is 10.3. The van der Waals surface area contributed by atoms with Crippen LogP contribution in [0.5, 0.6) is 5.75 Å². The number of H-pyrrole nitrogens is 1. The lowest BCUT2D eigenvalue weighted by atomic mass is 10.0. The van der Waals surface area contributed by atoms with E-state index in [9.17, 15) is 14.7 Å². The number of ether oxygens (including phenoxy) is 1. The highest BCUT2D eigenvalue weighted by Crippen LogP contribution is 2.29. The molecule has 100 valence electrons. The van der Waals surface area contributed by atoms with Gasteiger partial charge in [-0.3, -0.25) is 9.59 Å². The Morgan fingerprint density at radius 1 is 1.42 bits per heavy atom. The number of aliphatic hydroxyl groups is 1. The number of nitrogens with two attached hydrogens (primary N) is 1. The van der Waals surface area contributed by atoms with Gasteiger partial charge in [0.2, 0.25) is 5.56 Å². The van der Waals surface area contributed by atoms with Crippen molar-refractivity contribution in [1.82, 2.24) is 4.98 Å². The van der Waals surface area contributed by atoms with Crippen LogP contribution in [0.15, 0.2) is 29.1 Å². The number of esters is 1. The van der Waals surface area contributed by atoms with Crippen LogP contribution in [0.3, 0.4) is 0 Å². The molecule has 0 radical (unpaired) electrons. The number of carbonyl (C=O) groups is 1. The molecule has 1 heterocycles. The van der Waals surface area contributed by atoms with E-state index in [-0.39, 0.29) is 17.9 Å². The lowest BCUT2D eigenvalue weighted by Crippen LogP contribution is -2.13. The lowest BCUT2D eigenvalue weighted by Gasteiger charge is -2.13. The van der Waals surface area contributed by atoms with Gasteiger partial charge in [0.05, 0.1) is 11.6 Å². The monoisotopic (exact) mass is 262 g/mol. The number of fused-ring (bicyclic) bond motifs is 1. The van der Waals surface area contributed by atoms with Crippen molar-refractivity contribution in [2.24, 2.45) is 5.73 Å². The van der Waals surface area contributed by atoms with E-state index < -0.39 is 12.1 Å². The van der Waals surface area contributed by atoms with Gasteiger partial charge >= 0.3 is 5.97 Å². The first-order valence-electron chi connectivity index (χ1n) is 5.75. The van der Waals surface area contributed by atoms with Crippen LogP contribution in [0.1, 0.15) is 18.6 Å². The van der Waals surface area contributed by atoms with E-state index in [2.05, 4.69) is 4.98 Å². The first kappa shape index (κ1) is 13.3. The minimum Gasteiger partial charge on any atom is -0.424 e. The van der Waals surface area contributed by atoms with Gasteiger partial charge < -0.3 is 20.6 Å². The van der Waals surface area contributed by atoms with Crippen LogP contribution in [0.2, 0.25) is 0 Å². The molecule has 2 rings (SSSR count). The van der Waals surface area contributed by atoms with Crippen LogP contribution in [0, 0.1) is 0 Å². The summed E-state index contributed by atoms with van der Waals surface area (Å²) in [5.74, 6) is -0.244. The van der Waals surface area contributed by atoms with Crippen molar-refractivity contribution < 1.29 is 14.6 Å². The van der Waals surface area contributed by atoms with Gasteiger partial charge in [-0.1, -0.05) is 6.07 Å². The molecule has 6 nitrogen and oxygen atoms in total. The maximum absolute atomic E-state index is 11.4. The third-order valence-electron chi connectivity index (χ3n) is 2.73. The number of aromatic amines is 1. The van der Waals surface area contributed by atoms with Gasteiger partial charge in [-0.2, -0.15) is 0 Å². The van der Waals surface area contributed by atoms with Crippen molar-refractivity contribution in [2.75, 3.05) is 6.54 Å². The molecule has 1 aromatic heterocycles. The number of benzene rings is 1. The van der Waals surface area contributed by atoms with Crippen molar-refractivity contribution >= 4 is 16.9 Å². The molecular weight excluding hydrogens is 248 g/mol. The molecule has 1 unspecified atom stereocenters. The third-order valence-corrected chi connectivity index (χ3v) is 2.73. The van der Waals surface area contributed by atoms with Crippen LogP contribution in [-0.2, 0) is 4.79 Å². The molecule has 19 heavy (non-hydrogen) atoms. The predicted octanol–water partition coefficient (Wildman–Crippen LogP) is 0.446. The van der Waals surface area contributed by atoms with E-state index in [1.165, 1.54) is 19.1 Å². The molecule has 1 aromatic carbocycles. The summed E-state index contributed by atoms with van der Waals surface area (Å²) in [5, 5.41) is 10.4. The second kappa shape index (κ2) is 5.21. The Hall–Kier alpha value is -2.18. The minimum atomic E-state index is -0.847. The normalized spacial score (nSPS) is 12.4. The maximum Gasteiger partial charge on any atom is 0.308 e. The van der Waals surface area contributed by atoms with Gasteiger partial charge in [0.15, 0.2) is 5.75 Å². The molecule has 0 fully saturated rings. The van der Waals surface area contributed by atoms with Gasteiger partial charge in [-0.15, -0.1) is 0 Å². The van der Waals surface area contributed by atoms with Crippen molar-refractivity contribution in [3.63, 3.8) is 0 Å². The highest BCUT2D eigenvalue weighted by atomic mass is 16.5. The molecule has 0 saturated heterocycles. The van der Waals surface area contributed by atoms with Gasteiger partial charge in [0.25, 0.3) is 0 Å². The fraction of sp³-hybridized carbons (Fsp3) is 0.231. The SMILES string of the molecule is CC(=O)Oc1ccc(C(O)CN)c2ccc(=O)[nH]c12.